The summed E-state index contributed by atoms with van der Waals surface area (Å²) in [7, 11) is 0. The highest BCUT2D eigenvalue weighted by atomic mass is 16.5. The summed E-state index contributed by atoms with van der Waals surface area (Å²) in [6, 6.07) is 7.57. The highest BCUT2D eigenvalue weighted by Crippen LogP contribution is 2.23. The molecule has 29 heavy (non-hydrogen) atoms. The summed E-state index contributed by atoms with van der Waals surface area (Å²) in [6.07, 6.45) is 2.98. The van der Waals surface area contributed by atoms with Crippen molar-refractivity contribution in [3.05, 3.63) is 51.4 Å². The smallest absolute Gasteiger partial charge is 0.308 e. The van der Waals surface area contributed by atoms with Gasteiger partial charge in [0.2, 0.25) is 5.95 Å². The Balaban J connectivity index is 1.46. The Kier molecular flexibility index (Phi) is 5.67. The summed E-state index contributed by atoms with van der Waals surface area (Å²) in [5.74, 6) is 1.69. The van der Waals surface area contributed by atoms with Crippen LogP contribution in [0.1, 0.15) is 43.5 Å². The first-order valence-corrected chi connectivity index (χ1v) is 10.3. The van der Waals surface area contributed by atoms with Crippen LogP contribution in [0, 0.1) is 5.92 Å². The van der Waals surface area contributed by atoms with Crippen LogP contribution in [0.25, 0.3) is 0 Å². The molecule has 3 heterocycles. The molecule has 0 radical (unpaired) electrons. The number of nitrogens with one attached hydrogen (secondary N) is 1. The first kappa shape index (κ1) is 19.6. The molecule has 0 bridgehead atoms. The fourth-order valence-corrected chi connectivity index (χ4v) is 4.07. The van der Waals surface area contributed by atoms with Gasteiger partial charge in [-0.15, -0.1) is 0 Å². The topological polar surface area (TPSA) is 78.5 Å². The first-order valence-electron chi connectivity index (χ1n) is 10.3. The van der Waals surface area contributed by atoms with Crippen LogP contribution in [0.3, 0.4) is 0 Å². The number of fused-ring (bicyclic) bond motifs is 1. The fourth-order valence-electron chi connectivity index (χ4n) is 4.07. The van der Waals surface area contributed by atoms with Crippen molar-refractivity contribution in [1.82, 2.24) is 14.9 Å². The van der Waals surface area contributed by atoms with Gasteiger partial charge in [0.05, 0.1) is 5.69 Å². The number of nitrogens with zero attached hydrogens (tertiary/aromatic N) is 3. The number of rotatable bonds is 4. The Morgan fingerprint density at radius 3 is 2.62 bits per heavy atom. The quantitative estimate of drug-likeness (QED) is 0.632. The lowest BCUT2D eigenvalue weighted by Gasteiger charge is -2.32. The van der Waals surface area contributed by atoms with Crippen LogP contribution in [0.5, 0.6) is 5.75 Å². The lowest BCUT2D eigenvalue weighted by molar-refractivity contribution is -0.131. The predicted octanol–water partition coefficient (Wildman–Crippen LogP) is 2.49. The maximum atomic E-state index is 12.6. The number of esters is 1. The van der Waals surface area contributed by atoms with Crippen LogP contribution >= 0.6 is 0 Å². The van der Waals surface area contributed by atoms with Crippen molar-refractivity contribution in [2.24, 2.45) is 5.92 Å². The lowest BCUT2D eigenvalue weighted by Crippen LogP contribution is -2.39. The summed E-state index contributed by atoms with van der Waals surface area (Å²) >= 11 is 0. The monoisotopic (exact) mass is 396 g/mol. The molecule has 0 spiro atoms. The zero-order chi connectivity index (χ0) is 20.4. The van der Waals surface area contributed by atoms with Crippen LogP contribution in [0.15, 0.2) is 29.1 Å². The minimum atomic E-state index is -0.319. The molecule has 1 fully saturated rings. The largest absolute Gasteiger partial charge is 0.427 e. The summed E-state index contributed by atoms with van der Waals surface area (Å²) < 4.78 is 5.09. The standard InChI is InChI=1S/C22H28N4O3/c1-15-7-11-26(12-8-15)22-23-20-14-25(10-9-19(20)21(28)24-22)13-17-3-5-18(6-4-17)29-16(2)27/h3-6,15H,7-14H2,1-2H3,(H,23,24,28). The van der Waals surface area contributed by atoms with E-state index in [4.69, 9.17) is 9.72 Å². The van der Waals surface area contributed by atoms with Gasteiger partial charge in [-0.1, -0.05) is 19.1 Å². The van der Waals surface area contributed by atoms with Crippen molar-refractivity contribution in [3.8, 4) is 5.75 Å². The summed E-state index contributed by atoms with van der Waals surface area (Å²) in [4.78, 5) is 36.0. The van der Waals surface area contributed by atoms with E-state index in [1.165, 1.54) is 6.92 Å². The Morgan fingerprint density at radius 1 is 1.21 bits per heavy atom. The molecule has 0 unspecified atom stereocenters. The van der Waals surface area contributed by atoms with Crippen LogP contribution in [-0.2, 0) is 24.3 Å². The normalized spacial score (nSPS) is 17.8. The molecule has 7 nitrogen and oxygen atoms in total. The maximum Gasteiger partial charge on any atom is 0.308 e. The molecule has 1 aromatic heterocycles. The molecule has 1 N–H and O–H groups in total. The van der Waals surface area contributed by atoms with Crippen molar-refractivity contribution >= 4 is 11.9 Å². The minimum Gasteiger partial charge on any atom is -0.427 e. The zero-order valence-electron chi connectivity index (χ0n) is 17.1. The SMILES string of the molecule is CC(=O)Oc1ccc(CN2CCc3c(nc(N4CCC(C)CC4)[nH]c3=O)C2)cc1. The second kappa shape index (κ2) is 8.37. The van der Waals surface area contributed by atoms with E-state index in [1.807, 2.05) is 24.3 Å². The van der Waals surface area contributed by atoms with E-state index in [0.29, 0.717) is 24.7 Å². The fraction of sp³-hybridized carbons (Fsp3) is 0.500. The van der Waals surface area contributed by atoms with Crippen molar-refractivity contribution in [2.45, 2.75) is 46.2 Å². The van der Waals surface area contributed by atoms with E-state index in [-0.39, 0.29) is 11.5 Å². The van der Waals surface area contributed by atoms with E-state index in [0.717, 1.165) is 61.8 Å². The number of hydrogen-bond acceptors (Lipinski definition) is 6. The molecule has 4 rings (SSSR count). The number of carbonyl (C=O) groups excluding carboxylic acids is 1. The summed E-state index contributed by atoms with van der Waals surface area (Å²) in [5.41, 5.74) is 2.86. The van der Waals surface area contributed by atoms with E-state index >= 15 is 0 Å². The Bertz CT molecular complexity index is 930. The van der Waals surface area contributed by atoms with Gasteiger partial charge in [-0.2, -0.15) is 0 Å². The number of ether oxygens (including phenoxy) is 1. The predicted molar refractivity (Wildman–Crippen MR) is 111 cm³/mol. The first-order chi connectivity index (χ1) is 14.0. The van der Waals surface area contributed by atoms with Gasteiger partial charge in [0.15, 0.2) is 0 Å². The third kappa shape index (κ3) is 4.67. The number of aromatic nitrogens is 2. The number of benzene rings is 1. The number of hydrogen-bond donors (Lipinski definition) is 1. The number of anilines is 1. The molecule has 7 heteroatoms. The van der Waals surface area contributed by atoms with Gasteiger partial charge >= 0.3 is 5.97 Å². The molecule has 0 aliphatic carbocycles. The van der Waals surface area contributed by atoms with Crippen LogP contribution in [0.4, 0.5) is 5.95 Å². The maximum absolute atomic E-state index is 12.6. The van der Waals surface area contributed by atoms with Gasteiger partial charge < -0.3 is 9.64 Å². The van der Waals surface area contributed by atoms with Crippen LogP contribution in [-0.4, -0.2) is 40.5 Å². The zero-order valence-corrected chi connectivity index (χ0v) is 17.1. The highest BCUT2D eigenvalue weighted by molar-refractivity contribution is 5.69. The Hall–Kier alpha value is -2.67. The van der Waals surface area contributed by atoms with E-state index in [2.05, 4.69) is 21.7 Å². The molecular formula is C22H28N4O3. The van der Waals surface area contributed by atoms with Crippen LogP contribution in [0.2, 0.25) is 0 Å². The second-order valence-corrected chi connectivity index (χ2v) is 8.18. The van der Waals surface area contributed by atoms with Crippen molar-refractivity contribution in [2.75, 3.05) is 24.5 Å². The Morgan fingerprint density at radius 2 is 1.93 bits per heavy atom. The second-order valence-electron chi connectivity index (χ2n) is 8.18. The molecule has 0 atom stereocenters. The molecule has 0 amide bonds. The van der Waals surface area contributed by atoms with E-state index in [9.17, 15) is 9.59 Å². The Labute approximate surface area is 170 Å². The van der Waals surface area contributed by atoms with Crippen molar-refractivity contribution in [1.29, 1.82) is 0 Å². The molecule has 2 aliphatic heterocycles. The summed E-state index contributed by atoms with van der Waals surface area (Å²) in [6.45, 7) is 7.82. The number of carbonyl (C=O) groups is 1. The number of piperidine rings is 1. The van der Waals surface area contributed by atoms with Gasteiger partial charge in [-0.05, 0) is 42.9 Å². The van der Waals surface area contributed by atoms with E-state index in [1.54, 1.807) is 0 Å². The molecule has 154 valence electrons. The third-order valence-corrected chi connectivity index (χ3v) is 5.81. The van der Waals surface area contributed by atoms with Gasteiger partial charge in [0.25, 0.3) is 5.56 Å². The van der Waals surface area contributed by atoms with E-state index < -0.39 is 0 Å². The molecule has 1 aromatic carbocycles. The third-order valence-electron chi connectivity index (χ3n) is 5.81. The molecular weight excluding hydrogens is 368 g/mol. The van der Waals surface area contributed by atoms with Crippen molar-refractivity contribution in [3.63, 3.8) is 0 Å². The van der Waals surface area contributed by atoms with Gasteiger partial charge in [0, 0.05) is 45.2 Å². The average molecular weight is 396 g/mol. The van der Waals surface area contributed by atoms with Gasteiger partial charge in [0.1, 0.15) is 5.75 Å². The van der Waals surface area contributed by atoms with Crippen LogP contribution < -0.4 is 15.2 Å². The number of aromatic amines is 1. The average Bonchev–Trinajstić information content (AvgIpc) is 2.69. The summed E-state index contributed by atoms with van der Waals surface area (Å²) in [5, 5.41) is 0. The van der Waals surface area contributed by atoms with Crippen molar-refractivity contribution < 1.29 is 9.53 Å². The lowest BCUT2D eigenvalue weighted by atomic mass is 9.99. The minimum absolute atomic E-state index is 0.00834. The van der Waals surface area contributed by atoms with Gasteiger partial charge in [-0.3, -0.25) is 19.5 Å². The van der Waals surface area contributed by atoms with Gasteiger partial charge in [-0.25, -0.2) is 4.98 Å². The molecule has 1 saturated heterocycles. The molecule has 2 aliphatic rings. The molecule has 2 aromatic rings. The molecule has 0 saturated carbocycles. The highest BCUT2D eigenvalue weighted by Gasteiger charge is 2.24. The number of H-pyrrole nitrogens is 1.